The van der Waals surface area contributed by atoms with E-state index in [-0.39, 0.29) is 48.0 Å². The van der Waals surface area contributed by atoms with E-state index in [1.54, 1.807) is 63.4 Å². The van der Waals surface area contributed by atoms with Gasteiger partial charge in [-0.3, -0.25) is 28.1 Å². The topological polar surface area (TPSA) is 160 Å². The summed E-state index contributed by atoms with van der Waals surface area (Å²) in [5.74, 6) is -0.951. The van der Waals surface area contributed by atoms with Crippen molar-refractivity contribution in [3.05, 3.63) is 123 Å². The number of carbonyl (C=O) groups is 2. The van der Waals surface area contributed by atoms with Crippen LogP contribution in [-0.4, -0.2) is 84.4 Å². The molecule has 0 spiro atoms. The molecule has 0 radical (unpaired) electrons. The predicted molar refractivity (Wildman–Crippen MR) is 230 cm³/mol. The molecule has 2 fully saturated rings. The van der Waals surface area contributed by atoms with E-state index in [0.29, 0.717) is 71.1 Å². The van der Waals surface area contributed by atoms with Gasteiger partial charge < -0.3 is 14.2 Å². The Kier molecular flexibility index (Phi) is 9.22. The van der Waals surface area contributed by atoms with Crippen LogP contribution in [0.3, 0.4) is 0 Å². The highest BCUT2D eigenvalue weighted by Gasteiger charge is 2.61. The molecule has 10 rings (SSSR count). The van der Waals surface area contributed by atoms with Crippen LogP contribution in [0.2, 0.25) is 0 Å². The number of halogens is 1. The summed E-state index contributed by atoms with van der Waals surface area (Å²) < 4.78 is 55.9. The number of benzene rings is 3. The van der Waals surface area contributed by atoms with Crippen LogP contribution in [-0.2, 0) is 45.1 Å². The van der Waals surface area contributed by atoms with Crippen LogP contribution in [0.1, 0.15) is 70.5 Å². The highest BCUT2D eigenvalue weighted by molar-refractivity contribution is 7.89. The number of ether oxygens (including phenoxy) is 1. The zero-order valence-electron chi connectivity index (χ0n) is 35.1. The molecule has 17 heteroatoms. The van der Waals surface area contributed by atoms with Crippen molar-refractivity contribution in [2.24, 2.45) is 13.0 Å². The van der Waals surface area contributed by atoms with Gasteiger partial charge in [0.05, 0.1) is 41.6 Å². The molecule has 0 bridgehead atoms. The highest BCUT2D eigenvalue weighted by atomic mass is 32.2. The van der Waals surface area contributed by atoms with E-state index < -0.39 is 21.5 Å². The van der Waals surface area contributed by atoms with Crippen molar-refractivity contribution in [3.63, 3.8) is 0 Å². The number of aryl methyl sites for hydroxylation is 3. The minimum Gasteiger partial charge on any atom is -0.381 e. The number of carbonyl (C=O) groups excluding carboxylic acids is 2. The summed E-state index contributed by atoms with van der Waals surface area (Å²) in [4.78, 5) is 45.4. The monoisotopic (exact) mass is 859 g/mol. The van der Waals surface area contributed by atoms with Crippen molar-refractivity contribution in [1.29, 1.82) is 0 Å². The average Bonchev–Trinajstić information content (AvgIpc) is 3.66. The largest absolute Gasteiger partial charge is 0.381 e. The lowest BCUT2D eigenvalue weighted by molar-refractivity contribution is -0.124. The number of fused-ring (bicyclic) bond motifs is 3. The first kappa shape index (κ1) is 39.8. The first-order valence-corrected chi connectivity index (χ1v) is 22.7. The minimum absolute atomic E-state index is 0.0643. The molecule has 1 aliphatic carbocycles. The molecule has 15 nitrogen and oxygen atoms in total. The Morgan fingerprint density at radius 1 is 0.935 bits per heavy atom. The van der Waals surface area contributed by atoms with E-state index in [0.717, 1.165) is 41.0 Å². The summed E-state index contributed by atoms with van der Waals surface area (Å²) in [6.07, 6.45) is 8.45. The van der Waals surface area contributed by atoms with Crippen molar-refractivity contribution in [2.75, 3.05) is 26.0 Å². The maximum Gasteiger partial charge on any atom is 0.338 e. The lowest BCUT2D eigenvalue weighted by Crippen LogP contribution is -2.45. The molecule has 2 amide bonds. The standard InChI is InChI=1S/C45H46FN9O6S/c1-26-18-34(19-27(2)40(26)46)55-41(53-15-14-52(44(53)58)33-7-9-37-32(21-33)24-47-50(37)4)35-25-51(13-10-36(35)48-55)42(56)39-22-31-20-30(29-11-16-61-17-12-29)6-8-38(31)54(39)45(23-28(45)3)43(57)49-62(5,59)60/h6-9,14-15,18-22,24,28-29H,10-13,16-17,23,25H2,1-5H3,(H,49,57)/t28-,45-/m0/s1. The summed E-state index contributed by atoms with van der Waals surface area (Å²) in [5.41, 5.74) is 4.59. The molecule has 0 unspecified atom stereocenters. The molecule has 7 aromatic rings. The first-order valence-electron chi connectivity index (χ1n) is 20.8. The third-order valence-corrected chi connectivity index (χ3v) is 13.6. The molecular weight excluding hydrogens is 814 g/mol. The molecule has 4 aromatic heterocycles. The lowest BCUT2D eigenvalue weighted by atomic mass is 9.91. The van der Waals surface area contributed by atoms with E-state index in [9.17, 15) is 18.0 Å². The Bertz CT molecular complexity index is 3160. The van der Waals surface area contributed by atoms with E-state index in [2.05, 4.69) is 15.9 Å². The van der Waals surface area contributed by atoms with Gasteiger partial charge in [0, 0.05) is 67.5 Å². The van der Waals surface area contributed by atoms with Gasteiger partial charge in [-0.2, -0.15) is 10.2 Å². The Hall–Kier alpha value is -6.33. The van der Waals surface area contributed by atoms with E-state index in [4.69, 9.17) is 9.84 Å². The predicted octanol–water partition coefficient (Wildman–Crippen LogP) is 5.31. The smallest absolute Gasteiger partial charge is 0.338 e. The third kappa shape index (κ3) is 6.39. The maximum absolute atomic E-state index is 15.2. The summed E-state index contributed by atoms with van der Waals surface area (Å²) >= 11 is 0. The lowest BCUT2D eigenvalue weighted by Gasteiger charge is -2.29. The van der Waals surface area contributed by atoms with Gasteiger partial charge in [-0.1, -0.05) is 13.0 Å². The van der Waals surface area contributed by atoms with Crippen LogP contribution in [0.4, 0.5) is 4.39 Å². The van der Waals surface area contributed by atoms with Crippen molar-refractivity contribution < 1.29 is 27.1 Å². The number of hydrogen-bond acceptors (Lipinski definition) is 8. The molecule has 2 atom stereocenters. The fraction of sp³-hybridized carbons (Fsp3) is 0.356. The fourth-order valence-electron chi connectivity index (χ4n) is 9.70. The van der Waals surface area contributed by atoms with Crippen molar-refractivity contribution in [1.82, 2.24) is 42.9 Å². The van der Waals surface area contributed by atoms with Gasteiger partial charge in [-0.15, -0.1) is 0 Å². The van der Waals surface area contributed by atoms with Gasteiger partial charge in [-0.05, 0) is 110 Å². The second kappa shape index (κ2) is 14.4. The van der Waals surface area contributed by atoms with E-state index in [1.165, 1.54) is 9.13 Å². The normalized spacial score (nSPS) is 19.3. The maximum atomic E-state index is 15.2. The molecule has 6 heterocycles. The van der Waals surface area contributed by atoms with Crippen LogP contribution in [0.15, 0.2) is 78.0 Å². The molecule has 1 N–H and O–H groups in total. The number of nitrogens with one attached hydrogen (secondary N) is 1. The van der Waals surface area contributed by atoms with Crippen LogP contribution in [0.25, 0.3) is 39.0 Å². The molecule has 2 aliphatic heterocycles. The van der Waals surface area contributed by atoms with Crippen LogP contribution < -0.4 is 10.4 Å². The second-order valence-electron chi connectivity index (χ2n) is 17.2. The minimum atomic E-state index is -3.91. The number of sulfonamides is 1. The summed E-state index contributed by atoms with van der Waals surface area (Å²) in [6.45, 7) is 6.90. The van der Waals surface area contributed by atoms with Crippen molar-refractivity contribution in [3.8, 4) is 17.2 Å². The van der Waals surface area contributed by atoms with E-state index >= 15 is 9.18 Å². The molecule has 3 aromatic carbocycles. The Balaban J connectivity index is 1.09. The number of hydrogen-bond donors (Lipinski definition) is 1. The number of imidazole rings is 1. The van der Waals surface area contributed by atoms with E-state index in [1.807, 2.05) is 50.4 Å². The quantitative estimate of drug-likeness (QED) is 0.215. The Labute approximate surface area is 356 Å². The van der Waals surface area contributed by atoms with Gasteiger partial charge in [0.25, 0.3) is 11.8 Å². The Morgan fingerprint density at radius 2 is 1.65 bits per heavy atom. The first-order chi connectivity index (χ1) is 29.6. The number of nitrogens with zero attached hydrogens (tertiary/aromatic N) is 8. The fourth-order valence-corrected chi connectivity index (χ4v) is 10.2. The third-order valence-electron chi connectivity index (χ3n) is 13.1. The van der Waals surface area contributed by atoms with Crippen molar-refractivity contribution >= 4 is 43.6 Å². The van der Waals surface area contributed by atoms with Gasteiger partial charge in [0.15, 0.2) is 0 Å². The zero-order chi connectivity index (χ0) is 43.4. The number of rotatable bonds is 8. The summed E-state index contributed by atoms with van der Waals surface area (Å²) in [7, 11) is -2.06. The van der Waals surface area contributed by atoms with Gasteiger partial charge in [0.2, 0.25) is 10.0 Å². The van der Waals surface area contributed by atoms with Crippen LogP contribution >= 0.6 is 0 Å². The summed E-state index contributed by atoms with van der Waals surface area (Å²) in [5, 5.41) is 11.0. The molecule has 3 aliphatic rings. The number of aromatic nitrogens is 7. The van der Waals surface area contributed by atoms with Crippen LogP contribution in [0.5, 0.6) is 0 Å². The number of amides is 2. The van der Waals surface area contributed by atoms with Gasteiger partial charge in [-0.25, -0.2) is 22.3 Å². The molecule has 1 saturated heterocycles. The molecule has 1 saturated carbocycles. The summed E-state index contributed by atoms with van der Waals surface area (Å²) in [6, 6.07) is 16.9. The molecular formula is C45H46FN9O6S. The average molecular weight is 860 g/mol. The molecule has 320 valence electrons. The van der Waals surface area contributed by atoms with Gasteiger partial charge >= 0.3 is 5.69 Å². The van der Waals surface area contributed by atoms with Crippen molar-refractivity contribution in [2.45, 2.75) is 64.5 Å². The SMILES string of the molecule is Cc1cc(-n2nc3c(c2-n2ccn(-c4ccc5c(cnn5C)c4)c2=O)CN(C(=O)c2cc4cc(C5CCOCC5)ccc4n2[C@@]2(C(=O)NS(C)(=O)=O)C[C@@H]2C)CC3)cc(C)c1F. The second-order valence-corrected chi connectivity index (χ2v) is 18.9. The Morgan fingerprint density at radius 3 is 2.35 bits per heavy atom. The molecule has 62 heavy (non-hydrogen) atoms. The zero-order valence-corrected chi connectivity index (χ0v) is 35.9. The van der Waals surface area contributed by atoms with Gasteiger partial charge in [0.1, 0.15) is 22.9 Å². The highest BCUT2D eigenvalue weighted by Crippen LogP contribution is 2.53. The van der Waals surface area contributed by atoms with Crippen LogP contribution in [0, 0.1) is 25.6 Å².